The fourth-order valence-electron chi connectivity index (χ4n) is 2.73. The Morgan fingerprint density at radius 1 is 1.38 bits per heavy atom. The lowest BCUT2D eigenvalue weighted by molar-refractivity contribution is 0.0713. The molecule has 1 aromatic heterocycles. The van der Waals surface area contributed by atoms with Crippen molar-refractivity contribution in [3.63, 3.8) is 0 Å². The SMILES string of the molecule is Cc1nc(COc2ccc(F)cc2)sc1C(=O)N1CCCC(N)C1.Cl.Cl. The van der Waals surface area contributed by atoms with Gasteiger partial charge in [-0.25, -0.2) is 9.37 Å². The Morgan fingerprint density at radius 2 is 2.08 bits per heavy atom. The van der Waals surface area contributed by atoms with Crippen LogP contribution in [0.25, 0.3) is 0 Å². The van der Waals surface area contributed by atoms with Crippen LogP contribution < -0.4 is 10.5 Å². The van der Waals surface area contributed by atoms with Gasteiger partial charge >= 0.3 is 0 Å². The van der Waals surface area contributed by atoms with Crippen molar-refractivity contribution < 1.29 is 13.9 Å². The molecule has 1 aliphatic heterocycles. The number of thiazole rings is 1. The highest BCUT2D eigenvalue weighted by molar-refractivity contribution is 7.13. The number of hydrogen-bond acceptors (Lipinski definition) is 5. The molecule has 1 atom stereocenters. The van der Waals surface area contributed by atoms with Crippen molar-refractivity contribution in [2.45, 2.75) is 32.4 Å². The maximum absolute atomic E-state index is 12.9. The van der Waals surface area contributed by atoms with Crippen molar-refractivity contribution in [3.8, 4) is 5.75 Å². The summed E-state index contributed by atoms with van der Waals surface area (Å²) >= 11 is 1.34. The van der Waals surface area contributed by atoms with Crippen molar-refractivity contribution in [1.29, 1.82) is 0 Å². The molecule has 0 spiro atoms. The smallest absolute Gasteiger partial charge is 0.265 e. The van der Waals surface area contributed by atoms with Crippen LogP contribution in [0.15, 0.2) is 24.3 Å². The molecule has 0 bridgehead atoms. The summed E-state index contributed by atoms with van der Waals surface area (Å²) in [6.45, 7) is 3.42. The lowest BCUT2D eigenvalue weighted by Crippen LogP contribution is -2.45. The van der Waals surface area contributed by atoms with Crippen LogP contribution in [0.2, 0.25) is 0 Å². The predicted molar refractivity (Wildman–Crippen MR) is 105 cm³/mol. The summed E-state index contributed by atoms with van der Waals surface area (Å²) in [5.74, 6) is 0.257. The molecule has 1 unspecified atom stereocenters. The molecule has 0 radical (unpaired) electrons. The number of halogens is 3. The van der Waals surface area contributed by atoms with Gasteiger partial charge in [0.2, 0.25) is 0 Å². The highest BCUT2D eigenvalue weighted by atomic mass is 35.5. The topological polar surface area (TPSA) is 68.5 Å². The van der Waals surface area contributed by atoms with Crippen LogP contribution in [-0.2, 0) is 6.61 Å². The first-order valence-corrected chi connectivity index (χ1v) is 8.74. The molecule has 2 N–H and O–H groups in total. The zero-order valence-electron chi connectivity index (χ0n) is 14.3. The molecule has 26 heavy (non-hydrogen) atoms. The van der Waals surface area contributed by atoms with E-state index in [1.54, 1.807) is 17.0 Å². The summed E-state index contributed by atoms with van der Waals surface area (Å²) in [7, 11) is 0. The van der Waals surface area contributed by atoms with Gasteiger partial charge in [-0.3, -0.25) is 4.79 Å². The van der Waals surface area contributed by atoms with E-state index in [2.05, 4.69) is 4.98 Å². The van der Waals surface area contributed by atoms with Gasteiger partial charge in [-0.05, 0) is 44.0 Å². The van der Waals surface area contributed by atoms with Gasteiger partial charge in [-0.1, -0.05) is 0 Å². The Morgan fingerprint density at radius 3 is 2.73 bits per heavy atom. The molecule has 0 saturated carbocycles. The number of aromatic nitrogens is 1. The highest BCUT2D eigenvalue weighted by Gasteiger charge is 2.25. The second-order valence-corrected chi connectivity index (χ2v) is 7.00. The maximum Gasteiger partial charge on any atom is 0.265 e. The number of aryl methyl sites for hydroxylation is 1. The lowest BCUT2D eigenvalue weighted by Gasteiger charge is -2.30. The zero-order chi connectivity index (χ0) is 17.1. The first kappa shape index (κ1) is 22.6. The van der Waals surface area contributed by atoms with E-state index in [-0.39, 0.29) is 49.2 Å². The number of carbonyl (C=O) groups is 1. The quantitative estimate of drug-likeness (QED) is 0.818. The number of nitrogens with zero attached hydrogens (tertiary/aromatic N) is 2. The monoisotopic (exact) mass is 421 g/mol. The van der Waals surface area contributed by atoms with Gasteiger partial charge in [0, 0.05) is 19.1 Å². The maximum atomic E-state index is 12.9. The number of hydrogen-bond donors (Lipinski definition) is 1. The zero-order valence-corrected chi connectivity index (χ0v) is 16.8. The second kappa shape index (κ2) is 10.1. The van der Waals surface area contributed by atoms with Gasteiger partial charge in [0.05, 0.1) is 5.69 Å². The van der Waals surface area contributed by atoms with E-state index >= 15 is 0 Å². The molecular weight excluding hydrogens is 400 g/mol. The van der Waals surface area contributed by atoms with Crippen LogP contribution in [0.3, 0.4) is 0 Å². The van der Waals surface area contributed by atoms with Crippen LogP contribution in [-0.4, -0.2) is 34.9 Å². The molecule has 3 rings (SSSR count). The van der Waals surface area contributed by atoms with Crippen LogP contribution in [0.1, 0.15) is 33.2 Å². The first-order valence-electron chi connectivity index (χ1n) is 7.92. The average molecular weight is 422 g/mol. The normalized spacial score (nSPS) is 16.4. The van der Waals surface area contributed by atoms with Gasteiger partial charge in [0.15, 0.2) is 0 Å². The fourth-order valence-corrected chi connectivity index (χ4v) is 3.67. The Hall–Kier alpha value is -1.41. The number of carbonyl (C=O) groups excluding carboxylic acids is 1. The highest BCUT2D eigenvalue weighted by Crippen LogP contribution is 2.23. The van der Waals surface area contributed by atoms with Crippen molar-refractivity contribution in [3.05, 3.63) is 45.7 Å². The van der Waals surface area contributed by atoms with E-state index in [0.717, 1.165) is 24.4 Å². The van der Waals surface area contributed by atoms with Crippen molar-refractivity contribution in [1.82, 2.24) is 9.88 Å². The van der Waals surface area contributed by atoms with Gasteiger partial charge < -0.3 is 15.4 Å². The van der Waals surface area contributed by atoms with Crippen molar-refractivity contribution in [2.75, 3.05) is 13.1 Å². The van der Waals surface area contributed by atoms with Gasteiger partial charge in [-0.15, -0.1) is 36.2 Å². The van der Waals surface area contributed by atoms with E-state index in [0.29, 0.717) is 22.9 Å². The van der Waals surface area contributed by atoms with Gasteiger partial charge in [0.1, 0.15) is 28.1 Å². The summed E-state index contributed by atoms with van der Waals surface area (Å²) in [5, 5.41) is 0.724. The van der Waals surface area contributed by atoms with E-state index < -0.39 is 0 Å². The summed E-state index contributed by atoms with van der Waals surface area (Å²) in [6.07, 6.45) is 1.90. The molecule has 2 aromatic rings. The Kier molecular flexibility index (Phi) is 8.76. The molecule has 1 saturated heterocycles. The van der Waals surface area contributed by atoms with Crippen LogP contribution >= 0.6 is 36.2 Å². The molecular formula is C17H22Cl2FN3O2S. The third-order valence-corrected chi connectivity index (χ3v) is 5.08. The van der Waals surface area contributed by atoms with Crippen LogP contribution in [0, 0.1) is 12.7 Å². The Labute approximate surface area is 168 Å². The first-order chi connectivity index (χ1) is 11.5. The minimum absolute atomic E-state index is 0. The molecule has 1 fully saturated rings. The number of nitrogens with two attached hydrogens (primary N) is 1. The number of amides is 1. The Bertz CT molecular complexity index is 727. The average Bonchev–Trinajstić information content (AvgIpc) is 2.94. The number of likely N-dealkylation sites (tertiary alicyclic amines) is 1. The lowest BCUT2D eigenvalue weighted by atomic mass is 10.1. The molecule has 9 heteroatoms. The Balaban J connectivity index is 0.00000169. The van der Waals surface area contributed by atoms with Crippen molar-refractivity contribution in [2.24, 2.45) is 5.73 Å². The summed E-state index contributed by atoms with van der Waals surface area (Å²) in [5.41, 5.74) is 6.66. The van der Waals surface area contributed by atoms with Gasteiger partial charge in [0.25, 0.3) is 5.91 Å². The minimum atomic E-state index is -0.305. The molecule has 1 aliphatic rings. The third-order valence-electron chi connectivity index (χ3n) is 3.96. The summed E-state index contributed by atoms with van der Waals surface area (Å²) < 4.78 is 18.5. The molecule has 2 heterocycles. The van der Waals surface area contributed by atoms with E-state index in [9.17, 15) is 9.18 Å². The van der Waals surface area contributed by atoms with E-state index in [1.807, 2.05) is 6.92 Å². The largest absolute Gasteiger partial charge is 0.486 e. The van der Waals surface area contributed by atoms with Crippen LogP contribution in [0.4, 0.5) is 4.39 Å². The minimum Gasteiger partial charge on any atom is -0.486 e. The van der Waals surface area contributed by atoms with Crippen LogP contribution in [0.5, 0.6) is 5.75 Å². The third kappa shape index (κ3) is 5.54. The van der Waals surface area contributed by atoms with E-state index in [4.69, 9.17) is 10.5 Å². The molecule has 144 valence electrons. The summed E-state index contributed by atoms with van der Waals surface area (Å²) in [4.78, 5) is 19.5. The second-order valence-electron chi connectivity index (χ2n) is 5.92. The van der Waals surface area contributed by atoms with Gasteiger partial charge in [-0.2, -0.15) is 0 Å². The standard InChI is InChI=1S/C17H20FN3O2S.2ClH/c1-11-16(17(22)21-8-2-3-13(19)9-21)24-15(20-11)10-23-14-6-4-12(18)5-7-14;;/h4-7,13H,2-3,8-10,19H2,1H3;2*1H. The molecule has 1 amide bonds. The summed E-state index contributed by atoms with van der Waals surface area (Å²) in [6, 6.07) is 5.87. The number of rotatable bonds is 4. The molecule has 5 nitrogen and oxygen atoms in total. The van der Waals surface area contributed by atoms with E-state index in [1.165, 1.54) is 23.5 Å². The number of piperidine rings is 1. The number of ether oxygens (including phenoxy) is 1. The molecule has 0 aliphatic carbocycles. The fraction of sp³-hybridized carbons (Fsp3) is 0.412. The van der Waals surface area contributed by atoms with Crippen molar-refractivity contribution >= 4 is 42.1 Å². The number of benzene rings is 1. The predicted octanol–water partition coefficient (Wildman–Crippen LogP) is 3.58. The molecule has 1 aromatic carbocycles.